The molecule has 4 rings (SSSR count). The Hall–Kier alpha value is -4.06. The van der Waals surface area contributed by atoms with Gasteiger partial charge in [-0.15, -0.1) is 0 Å². The number of hydrogen-bond donors (Lipinski definition) is 3. The maximum absolute atomic E-state index is 11.4. The number of benzene rings is 2. The lowest BCUT2D eigenvalue weighted by Gasteiger charge is -2.11. The number of para-hydroxylation sites is 1. The highest BCUT2D eigenvalue weighted by molar-refractivity contribution is 5.77. The van der Waals surface area contributed by atoms with Crippen LogP contribution in [0.4, 0.5) is 22.9 Å². The zero-order valence-electron chi connectivity index (χ0n) is 16.3. The van der Waals surface area contributed by atoms with E-state index in [1.54, 1.807) is 10.7 Å². The van der Waals surface area contributed by atoms with Crippen molar-refractivity contribution in [2.75, 3.05) is 29.5 Å². The average Bonchev–Trinajstić information content (AvgIpc) is 3.35. The summed E-state index contributed by atoms with van der Waals surface area (Å²) in [7, 11) is 0. The van der Waals surface area contributed by atoms with Crippen molar-refractivity contribution in [3.05, 3.63) is 69.4 Å². The molecule has 2 heterocycles. The summed E-state index contributed by atoms with van der Waals surface area (Å²) in [5, 5.41) is 31.9. The van der Waals surface area contributed by atoms with Crippen LogP contribution in [-0.2, 0) is 12.8 Å². The van der Waals surface area contributed by atoms with E-state index in [9.17, 15) is 15.4 Å². The van der Waals surface area contributed by atoms with Gasteiger partial charge in [0.05, 0.1) is 16.3 Å². The number of nitro groups is 1. The highest BCUT2D eigenvalue weighted by Crippen LogP contribution is 2.36. The summed E-state index contributed by atoms with van der Waals surface area (Å²) >= 11 is 0. The number of nitrogens with two attached hydrogens (primary N) is 1. The van der Waals surface area contributed by atoms with Crippen molar-refractivity contribution >= 4 is 22.9 Å². The predicted octanol–water partition coefficient (Wildman–Crippen LogP) is 3.25. The quantitative estimate of drug-likeness (QED) is 0.313. The Morgan fingerprint density at radius 1 is 1.30 bits per heavy atom. The molecule has 0 atom stereocenters. The number of aromatic nitrogens is 2. The zero-order chi connectivity index (χ0) is 21.1. The molecule has 3 aromatic rings. The third-order valence-corrected chi connectivity index (χ3v) is 5.18. The standard InChI is InChI=1S/C21H21N7O2/c22-13-16-18(26-27(21(16)23)14-5-2-1-3-6-14)7-4-11-25-20-15-10-12-24-17(15)8-9-19(20)28(29)30/h1-3,5-6,8-9,24-25H,4,7,10-12,23H2. The molecule has 0 amide bonds. The Balaban J connectivity index is 1.48. The van der Waals surface area contributed by atoms with Gasteiger partial charge in [0.15, 0.2) is 0 Å². The van der Waals surface area contributed by atoms with Crippen molar-refractivity contribution in [2.45, 2.75) is 19.3 Å². The number of anilines is 3. The number of nitro benzene ring substituents is 1. The van der Waals surface area contributed by atoms with Crippen LogP contribution >= 0.6 is 0 Å². The maximum Gasteiger partial charge on any atom is 0.292 e. The van der Waals surface area contributed by atoms with E-state index in [0.717, 1.165) is 29.9 Å². The number of hydrogen-bond acceptors (Lipinski definition) is 7. The van der Waals surface area contributed by atoms with Gasteiger partial charge in [0, 0.05) is 30.4 Å². The molecule has 1 aromatic heterocycles. The van der Waals surface area contributed by atoms with Gasteiger partial charge in [0.2, 0.25) is 0 Å². The minimum Gasteiger partial charge on any atom is -0.384 e. The molecule has 0 spiro atoms. The van der Waals surface area contributed by atoms with Gasteiger partial charge in [0.1, 0.15) is 23.1 Å². The summed E-state index contributed by atoms with van der Waals surface area (Å²) in [5.41, 5.74) is 10.4. The molecular weight excluding hydrogens is 382 g/mol. The van der Waals surface area contributed by atoms with Crippen LogP contribution in [0, 0.1) is 21.4 Å². The molecule has 0 unspecified atom stereocenters. The van der Waals surface area contributed by atoms with Crippen LogP contribution in [0.25, 0.3) is 5.69 Å². The van der Waals surface area contributed by atoms with E-state index in [2.05, 4.69) is 21.8 Å². The Kier molecular flexibility index (Phi) is 5.22. The fourth-order valence-electron chi connectivity index (χ4n) is 3.74. The number of nitrogens with zero attached hydrogens (tertiary/aromatic N) is 4. The lowest BCUT2D eigenvalue weighted by atomic mass is 10.1. The molecule has 9 heteroatoms. The van der Waals surface area contributed by atoms with Gasteiger partial charge in [-0.25, -0.2) is 4.68 Å². The van der Waals surface area contributed by atoms with Crippen LogP contribution in [0.3, 0.4) is 0 Å². The summed E-state index contributed by atoms with van der Waals surface area (Å²) in [5.74, 6) is 0.314. The van der Waals surface area contributed by atoms with Crippen LogP contribution in [0.15, 0.2) is 42.5 Å². The molecule has 0 aliphatic carbocycles. The van der Waals surface area contributed by atoms with Crippen molar-refractivity contribution in [1.82, 2.24) is 9.78 Å². The first-order valence-corrected chi connectivity index (χ1v) is 9.71. The van der Waals surface area contributed by atoms with Crippen LogP contribution < -0.4 is 16.4 Å². The third-order valence-electron chi connectivity index (χ3n) is 5.18. The summed E-state index contributed by atoms with van der Waals surface area (Å²) in [6.07, 6.45) is 1.92. The molecule has 1 aliphatic rings. The van der Waals surface area contributed by atoms with Gasteiger partial charge in [-0.05, 0) is 37.5 Å². The van der Waals surface area contributed by atoms with Crippen LogP contribution in [0.2, 0.25) is 0 Å². The number of nitriles is 1. The van der Waals surface area contributed by atoms with Crippen molar-refractivity contribution < 1.29 is 4.92 Å². The van der Waals surface area contributed by atoms with Gasteiger partial charge in [0.25, 0.3) is 5.69 Å². The van der Waals surface area contributed by atoms with E-state index in [-0.39, 0.29) is 10.6 Å². The highest BCUT2D eigenvalue weighted by atomic mass is 16.6. The first kappa shape index (κ1) is 19.3. The van der Waals surface area contributed by atoms with E-state index in [1.165, 1.54) is 6.07 Å². The van der Waals surface area contributed by atoms with E-state index in [1.807, 2.05) is 30.3 Å². The van der Waals surface area contributed by atoms with E-state index < -0.39 is 0 Å². The maximum atomic E-state index is 11.4. The molecule has 152 valence electrons. The van der Waals surface area contributed by atoms with Crippen LogP contribution in [-0.4, -0.2) is 27.8 Å². The Bertz CT molecular complexity index is 1130. The van der Waals surface area contributed by atoms with Crippen molar-refractivity contribution in [3.63, 3.8) is 0 Å². The van der Waals surface area contributed by atoms with Crippen molar-refractivity contribution in [2.24, 2.45) is 0 Å². The van der Waals surface area contributed by atoms with Gasteiger partial charge in [-0.2, -0.15) is 10.4 Å². The second-order valence-corrected chi connectivity index (χ2v) is 7.02. The summed E-state index contributed by atoms with van der Waals surface area (Å²) in [6.45, 7) is 1.28. The Morgan fingerprint density at radius 3 is 2.83 bits per heavy atom. The molecule has 0 bridgehead atoms. The average molecular weight is 403 g/mol. The molecule has 0 saturated carbocycles. The fraction of sp³-hybridized carbons (Fsp3) is 0.238. The first-order chi connectivity index (χ1) is 14.6. The summed E-state index contributed by atoms with van der Waals surface area (Å²) < 4.78 is 1.57. The summed E-state index contributed by atoms with van der Waals surface area (Å²) in [4.78, 5) is 11.1. The SMILES string of the molecule is N#Cc1c(CCCNc2c([N+](=O)[O-])ccc3c2CCN3)nn(-c2ccccc2)c1N. The molecule has 9 nitrogen and oxygen atoms in total. The van der Waals surface area contributed by atoms with Crippen LogP contribution in [0.1, 0.15) is 23.2 Å². The lowest BCUT2D eigenvalue weighted by Crippen LogP contribution is -2.08. The largest absolute Gasteiger partial charge is 0.384 e. The molecule has 1 aliphatic heterocycles. The number of aryl methyl sites for hydroxylation is 1. The number of nitrogen functional groups attached to an aromatic ring is 1. The van der Waals surface area contributed by atoms with E-state index in [4.69, 9.17) is 5.73 Å². The second kappa shape index (κ2) is 8.13. The lowest BCUT2D eigenvalue weighted by molar-refractivity contribution is -0.384. The zero-order valence-corrected chi connectivity index (χ0v) is 16.3. The first-order valence-electron chi connectivity index (χ1n) is 9.71. The van der Waals surface area contributed by atoms with E-state index >= 15 is 0 Å². The third kappa shape index (κ3) is 3.51. The number of nitrogens with one attached hydrogen (secondary N) is 2. The van der Waals surface area contributed by atoms with Gasteiger partial charge in [-0.3, -0.25) is 10.1 Å². The van der Waals surface area contributed by atoms with Gasteiger partial charge >= 0.3 is 0 Å². The second-order valence-electron chi connectivity index (χ2n) is 7.02. The van der Waals surface area contributed by atoms with E-state index in [0.29, 0.717) is 42.1 Å². The molecule has 0 radical (unpaired) electrons. The highest BCUT2D eigenvalue weighted by Gasteiger charge is 2.23. The smallest absolute Gasteiger partial charge is 0.292 e. The predicted molar refractivity (Wildman–Crippen MR) is 115 cm³/mol. The fourth-order valence-corrected chi connectivity index (χ4v) is 3.74. The van der Waals surface area contributed by atoms with Crippen molar-refractivity contribution in [1.29, 1.82) is 5.26 Å². The molecule has 4 N–H and O–H groups in total. The molecule has 2 aromatic carbocycles. The molecule has 0 fully saturated rings. The Labute approximate surface area is 173 Å². The molecule has 0 saturated heterocycles. The number of fused-ring (bicyclic) bond motifs is 1. The minimum atomic E-state index is -0.364. The molecule has 30 heavy (non-hydrogen) atoms. The summed E-state index contributed by atoms with van der Waals surface area (Å²) in [6, 6.07) is 14.8. The Morgan fingerprint density at radius 2 is 2.10 bits per heavy atom. The molecular formula is C21H21N7O2. The van der Waals surface area contributed by atoms with Crippen molar-refractivity contribution in [3.8, 4) is 11.8 Å². The van der Waals surface area contributed by atoms with Gasteiger partial charge < -0.3 is 16.4 Å². The van der Waals surface area contributed by atoms with Crippen LogP contribution in [0.5, 0.6) is 0 Å². The normalized spacial score (nSPS) is 12.1. The number of rotatable bonds is 7. The van der Waals surface area contributed by atoms with Gasteiger partial charge in [-0.1, -0.05) is 18.2 Å². The monoisotopic (exact) mass is 403 g/mol. The topological polar surface area (TPSA) is 135 Å². The minimum absolute atomic E-state index is 0.0766.